The van der Waals surface area contributed by atoms with E-state index in [9.17, 15) is 50.1 Å². The van der Waals surface area contributed by atoms with Crippen LogP contribution in [0.25, 0.3) is 0 Å². The maximum atomic E-state index is 12.2. The third-order valence-corrected chi connectivity index (χ3v) is 9.03. The Balaban J connectivity index is 1.55. The van der Waals surface area contributed by atoms with Gasteiger partial charge < -0.3 is 64.7 Å². The highest BCUT2D eigenvalue weighted by Crippen LogP contribution is 2.36. The third-order valence-electron chi connectivity index (χ3n) is 9.03. The maximum Gasteiger partial charge on any atom is 0.306 e. The van der Waals surface area contributed by atoms with E-state index in [0.717, 1.165) is 19.3 Å². The van der Waals surface area contributed by atoms with Gasteiger partial charge in [-0.3, -0.25) is 14.4 Å². The number of aliphatic hydroxyl groups excluding tert-OH is 7. The van der Waals surface area contributed by atoms with Gasteiger partial charge in [-0.1, -0.05) is 84.0 Å². The maximum absolute atomic E-state index is 12.2. The van der Waals surface area contributed by atoms with Crippen molar-refractivity contribution in [1.29, 1.82) is 0 Å². The molecule has 0 aromatic carbocycles. The van der Waals surface area contributed by atoms with Crippen molar-refractivity contribution < 1.29 is 73.8 Å². The molecule has 2 aliphatic rings. The molecular formula is C34H61NO15. The van der Waals surface area contributed by atoms with Gasteiger partial charge in [-0.15, -0.1) is 0 Å². The Morgan fingerprint density at radius 1 is 0.680 bits per heavy atom. The first kappa shape index (κ1) is 44.2. The first-order chi connectivity index (χ1) is 24.0. The minimum Gasteiger partial charge on any atom is -0.464 e. The van der Waals surface area contributed by atoms with E-state index in [1.165, 1.54) is 64.2 Å². The summed E-state index contributed by atoms with van der Waals surface area (Å²) >= 11 is 0. The number of carbonyl (C=O) groups is 3. The Morgan fingerprint density at radius 2 is 1.24 bits per heavy atom. The monoisotopic (exact) mass is 723 g/mol. The Hall–Kier alpha value is -1.99. The lowest BCUT2D eigenvalue weighted by molar-refractivity contribution is -0.383. The number of aliphatic hydroxyl groups is 7. The molecule has 8 N–H and O–H groups in total. The van der Waals surface area contributed by atoms with Crippen LogP contribution < -0.4 is 5.32 Å². The summed E-state index contributed by atoms with van der Waals surface area (Å²) in [6, 6.07) is 0. The molecule has 9 atom stereocenters. The van der Waals surface area contributed by atoms with Crippen LogP contribution in [0.4, 0.5) is 0 Å². The van der Waals surface area contributed by atoms with Crippen molar-refractivity contribution in [3.05, 3.63) is 0 Å². The van der Waals surface area contributed by atoms with Crippen LogP contribution in [0.3, 0.4) is 0 Å². The molecule has 2 fully saturated rings. The number of unbranched alkanes of at least 4 members (excludes halogenated alkanes) is 12. The van der Waals surface area contributed by atoms with Crippen LogP contribution in [0.1, 0.15) is 110 Å². The van der Waals surface area contributed by atoms with Gasteiger partial charge in [0.2, 0.25) is 11.7 Å². The molecule has 292 valence electrons. The van der Waals surface area contributed by atoms with Crippen LogP contribution >= 0.6 is 0 Å². The lowest BCUT2D eigenvalue weighted by Gasteiger charge is -2.43. The predicted octanol–water partition coefficient (Wildman–Crippen LogP) is 0.0762. The lowest BCUT2D eigenvalue weighted by atomic mass is 9.99. The molecule has 50 heavy (non-hydrogen) atoms. The van der Waals surface area contributed by atoms with Crippen LogP contribution in [-0.4, -0.2) is 141 Å². The zero-order valence-corrected chi connectivity index (χ0v) is 29.4. The largest absolute Gasteiger partial charge is 0.464 e. The van der Waals surface area contributed by atoms with Gasteiger partial charge in [-0.2, -0.15) is 0 Å². The number of carbonyl (C=O) groups excluding carboxylic acids is 3. The number of ether oxygens (including phenoxy) is 5. The molecule has 0 spiro atoms. The SMILES string of the molecule is CCCCCCCCCCCCCCCC(=O)NCCOC(=O)CCC(=O)OC[C@H]1O[C@@](CO)(O[C@H]2OC(CO)[C@@H](O)[C@H](O)[C@H]2O)[C@@H](O)[C@@H]1O. The number of rotatable bonds is 26. The molecule has 2 heterocycles. The summed E-state index contributed by atoms with van der Waals surface area (Å²) in [6.07, 6.45) is 2.01. The summed E-state index contributed by atoms with van der Waals surface area (Å²) in [4.78, 5) is 36.3. The van der Waals surface area contributed by atoms with E-state index >= 15 is 0 Å². The minimum absolute atomic E-state index is 0.0596. The van der Waals surface area contributed by atoms with Crippen LogP contribution in [0.2, 0.25) is 0 Å². The van der Waals surface area contributed by atoms with Crippen molar-refractivity contribution >= 4 is 17.8 Å². The van der Waals surface area contributed by atoms with E-state index in [4.69, 9.17) is 23.7 Å². The standard InChI is InChI=1S/C34H61NO15/c1-2-3-4-5-6-7-8-9-10-11-12-13-14-15-25(38)35-18-19-46-26(39)16-17-27(40)47-21-24-29(42)32(45)34(22-37,49-24)50-33-31(44)30(43)28(41)23(20-36)48-33/h23-24,28-33,36-37,41-45H,2-22H2,1H3,(H,35,38)/t23?,24-,28-,29-,30+,31-,32+,33-,34+/m1/s1. The second kappa shape index (κ2) is 24.3. The molecule has 0 aliphatic carbocycles. The molecule has 0 saturated carbocycles. The van der Waals surface area contributed by atoms with E-state index in [-0.39, 0.29) is 31.9 Å². The van der Waals surface area contributed by atoms with Gasteiger partial charge in [0.05, 0.1) is 26.0 Å². The van der Waals surface area contributed by atoms with Crippen LogP contribution in [-0.2, 0) is 38.1 Å². The van der Waals surface area contributed by atoms with E-state index in [1.807, 2.05) is 0 Å². The fourth-order valence-electron chi connectivity index (χ4n) is 5.89. The Bertz CT molecular complexity index is 971. The molecule has 16 heteroatoms. The molecule has 2 saturated heterocycles. The van der Waals surface area contributed by atoms with Crippen LogP contribution in [0, 0.1) is 0 Å². The molecule has 0 bridgehead atoms. The number of hydrogen-bond donors (Lipinski definition) is 8. The smallest absolute Gasteiger partial charge is 0.306 e. The van der Waals surface area contributed by atoms with Crippen molar-refractivity contribution in [2.75, 3.05) is 33.0 Å². The fraction of sp³-hybridized carbons (Fsp3) is 0.912. The summed E-state index contributed by atoms with van der Waals surface area (Å²) in [5.41, 5.74) is 0. The first-order valence-corrected chi connectivity index (χ1v) is 18.2. The highest BCUT2D eigenvalue weighted by Gasteiger charge is 2.58. The normalized spacial score (nSPS) is 29.5. The molecule has 0 radical (unpaired) electrons. The van der Waals surface area contributed by atoms with E-state index in [2.05, 4.69) is 12.2 Å². The summed E-state index contributed by atoms with van der Waals surface area (Å²) < 4.78 is 26.2. The zero-order chi connectivity index (χ0) is 36.9. The van der Waals surface area contributed by atoms with Crippen molar-refractivity contribution in [2.24, 2.45) is 0 Å². The summed E-state index contributed by atoms with van der Waals surface area (Å²) in [5, 5.41) is 73.2. The summed E-state index contributed by atoms with van der Waals surface area (Å²) in [7, 11) is 0. The number of amides is 1. The number of nitrogens with one attached hydrogen (secondary N) is 1. The van der Waals surface area contributed by atoms with E-state index in [1.54, 1.807) is 0 Å². The van der Waals surface area contributed by atoms with E-state index in [0.29, 0.717) is 6.42 Å². The second-order valence-corrected chi connectivity index (χ2v) is 13.1. The van der Waals surface area contributed by atoms with Crippen molar-refractivity contribution in [3.8, 4) is 0 Å². The molecular weight excluding hydrogens is 662 g/mol. The molecule has 2 rings (SSSR count). The zero-order valence-electron chi connectivity index (χ0n) is 29.4. The topological polar surface area (TPSA) is 251 Å². The van der Waals surface area contributed by atoms with Gasteiger partial charge >= 0.3 is 11.9 Å². The van der Waals surface area contributed by atoms with Crippen molar-refractivity contribution in [2.45, 2.75) is 164 Å². The van der Waals surface area contributed by atoms with Gasteiger partial charge in [0.15, 0.2) is 6.29 Å². The predicted molar refractivity (Wildman–Crippen MR) is 176 cm³/mol. The van der Waals surface area contributed by atoms with Gasteiger partial charge in [0.25, 0.3) is 0 Å². The van der Waals surface area contributed by atoms with Crippen molar-refractivity contribution in [3.63, 3.8) is 0 Å². The van der Waals surface area contributed by atoms with Gasteiger partial charge in [0.1, 0.15) is 62.5 Å². The number of hydrogen-bond acceptors (Lipinski definition) is 15. The Labute approximate surface area is 294 Å². The molecule has 0 aromatic heterocycles. The highest BCUT2D eigenvalue weighted by molar-refractivity contribution is 5.78. The Morgan fingerprint density at radius 3 is 1.80 bits per heavy atom. The molecule has 1 unspecified atom stereocenters. The quantitative estimate of drug-likeness (QED) is 0.0435. The van der Waals surface area contributed by atoms with Gasteiger partial charge in [-0.25, -0.2) is 0 Å². The molecule has 2 aliphatic heterocycles. The first-order valence-electron chi connectivity index (χ1n) is 18.2. The van der Waals surface area contributed by atoms with Crippen LogP contribution in [0.5, 0.6) is 0 Å². The summed E-state index contributed by atoms with van der Waals surface area (Å²) in [5.74, 6) is -4.05. The lowest BCUT2D eigenvalue weighted by Crippen LogP contribution is -2.62. The molecule has 16 nitrogen and oxygen atoms in total. The van der Waals surface area contributed by atoms with Crippen LogP contribution in [0.15, 0.2) is 0 Å². The molecule has 0 aromatic rings. The Kier molecular flexibility index (Phi) is 21.5. The average molecular weight is 724 g/mol. The second-order valence-electron chi connectivity index (χ2n) is 13.1. The highest BCUT2D eigenvalue weighted by atomic mass is 16.8. The van der Waals surface area contributed by atoms with Crippen molar-refractivity contribution in [1.82, 2.24) is 5.32 Å². The third kappa shape index (κ3) is 14.9. The minimum atomic E-state index is -2.39. The molecule has 1 amide bonds. The van der Waals surface area contributed by atoms with Gasteiger partial charge in [-0.05, 0) is 6.42 Å². The number of esters is 2. The fourth-order valence-corrected chi connectivity index (χ4v) is 5.89. The summed E-state index contributed by atoms with van der Waals surface area (Å²) in [6.45, 7) is -0.131. The van der Waals surface area contributed by atoms with E-state index < -0.39 is 86.6 Å². The average Bonchev–Trinajstić information content (AvgIpc) is 3.35. The van der Waals surface area contributed by atoms with Gasteiger partial charge in [0, 0.05) is 6.42 Å².